The van der Waals surface area contributed by atoms with E-state index in [0.29, 0.717) is 22.2 Å². The summed E-state index contributed by atoms with van der Waals surface area (Å²) in [6, 6.07) is 3.51. The lowest BCUT2D eigenvalue weighted by atomic mass is 9.59. The van der Waals surface area contributed by atoms with E-state index in [1.807, 2.05) is 0 Å². The van der Waals surface area contributed by atoms with E-state index in [2.05, 4.69) is 15.9 Å². The van der Waals surface area contributed by atoms with Crippen LogP contribution in [-0.2, 0) is 0 Å². The summed E-state index contributed by atoms with van der Waals surface area (Å²) in [6.07, 6.45) is 7.42. The number of hydrogen-bond acceptors (Lipinski definition) is 2. The van der Waals surface area contributed by atoms with Crippen LogP contribution in [0.1, 0.15) is 44.9 Å². The molecule has 21 heavy (non-hydrogen) atoms. The molecule has 0 aliphatic heterocycles. The van der Waals surface area contributed by atoms with Crippen molar-refractivity contribution in [1.82, 2.24) is 0 Å². The Balaban J connectivity index is 1.80. The van der Waals surface area contributed by atoms with Gasteiger partial charge in [0, 0.05) is 22.4 Å². The summed E-state index contributed by atoms with van der Waals surface area (Å²) in [5.41, 5.74) is -0.0839. The highest BCUT2D eigenvalue weighted by molar-refractivity contribution is 9.10. The van der Waals surface area contributed by atoms with Gasteiger partial charge in [-0.05, 0) is 34.8 Å². The lowest BCUT2D eigenvalue weighted by Gasteiger charge is -2.53. The number of ether oxygens (including phenoxy) is 1. The van der Waals surface area contributed by atoms with Gasteiger partial charge in [-0.3, -0.25) is 0 Å². The van der Waals surface area contributed by atoms with Gasteiger partial charge in [-0.25, -0.2) is 0 Å². The van der Waals surface area contributed by atoms with Crippen LogP contribution in [0.25, 0.3) is 0 Å². The topological polar surface area (TPSA) is 29.5 Å². The molecule has 2 aliphatic carbocycles. The molecular formula is C16H19BrCl2O2. The summed E-state index contributed by atoms with van der Waals surface area (Å²) >= 11 is 15.7. The minimum atomic E-state index is -0.245. The van der Waals surface area contributed by atoms with Crippen molar-refractivity contribution in [3.05, 3.63) is 26.7 Å². The Morgan fingerprint density at radius 1 is 1.10 bits per heavy atom. The Hall–Kier alpha value is 0.0400. The molecule has 0 aromatic heterocycles. The van der Waals surface area contributed by atoms with Gasteiger partial charge in [-0.1, -0.05) is 48.9 Å². The molecule has 5 heteroatoms. The van der Waals surface area contributed by atoms with Gasteiger partial charge in [0.15, 0.2) is 0 Å². The van der Waals surface area contributed by atoms with E-state index < -0.39 is 0 Å². The third kappa shape index (κ3) is 2.95. The zero-order chi connectivity index (χ0) is 15.0. The predicted molar refractivity (Wildman–Crippen MR) is 89.3 cm³/mol. The summed E-state index contributed by atoms with van der Waals surface area (Å²) < 4.78 is 6.90. The molecule has 1 aromatic carbocycles. The van der Waals surface area contributed by atoms with E-state index in [1.165, 1.54) is 25.7 Å². The molecule has 0 bridgehead atoms. The molecule has 116 valence electrons. The SMILES string of the molecule is OC1CC(Oc2cc(Cl)c(Br)cc2Cl)C12CCCCCC2. The van der Waals surface area contributed by atoms with E-state index >= 15 is 0 Å². The zero-order valence-corrected chi connectivity index (χ0v) is 14.8. The Morgan fingerprint density at radius 3 is 2.38 bits per heavy atom. The van der Waals surface area contributed by atoms with Crippen molar-refractivity contribution < 1.29 is 9.84 Å². The molecule has 2 fully saturated rings. The first-order valence-corrected chi connectivity index (χ1v) is 9.07. The van der Waals surface area contributed by atoms with Crippen molar-refractivity contribution in [3.63, 3.8) is 0 Å². The van der Waals surface area contributed by atoms with Gasteiger partial charge >= 0.3 is 0 Å². The Kier molecular flexibility index (Phi) is 4.75. The minimum Gasteiger partial charge on any atom is -0.488 e. The lowest BCUT2D eigenvalue weighted by molar-refractivity contribution is -0.163. The number of aliphatic hydroxyl groups excluding tert-OH is 1. The average Bonchev–Trinajstić information content (AvgIpc) is 2.72. The largest absolute Gasteiger partial charge is 0.488 e. The average molecular weight is 394 g/mol. The van der Waals surface area contributed by atoms with Crippen LogP contribution in [-0.4, -0.2) is 17.3 Å². The van der Waals surface area contributed by atoms with Crippen molar-refractivity contribution in [1.29, 1.82) is 0 Å². The molecular weight excluding hydrogens is 375 g/mol. The summed E-state index contributed by atoms with van der Waals surface area (Å²) in [6.45, 7) is 0. The molecule has 3 rings (SSSR count). The number of hydrogen-bond donors (Lipinski definition) is 1. The highest BCUT2D eigenvalue weighted by atomic mass is 79.9. The third-order valence-electron chi connectivity index (χ3n) is 5.02. The van der Waals surface area contributed by atoms with Gasteiger partial charge in [-0.15, -0.1) is 0 Å². The second-order valence-corrected chi connectivity index (χ2v) is 7.87. The Morgan fingerprint density at radius 2 is 1.76 bits per heavy atom. The van der Waals surface area contributed by atoms with E-state index in [0.717, 1.165) is 17.3 Å². The van der Waals surface area contributed by atoms with E-state index in [-0.39, 0.29) is 17.6 Å². The maximum atomic E-state index is 10.3. The molecule has 0 amide bonds. The predicted octanol–water partition coefficient (Wildman–Crippen LogP) is 5.61. The van der Waals surface area contributed by atoms with Crippen LogP contribution in [0.4, 0.5) is 0 Å². The fourth-order valence-electron chi connectivity index (χ4n) is 3.68. The van der Waals surface area contributed by atoms with Crippen LogP contribution < -0.4 is 4.74 Å². The molecule has 0 heterocycles. The fourth-order valence-corrected chi connectivity index (χ4v) is 4.52. The summed E-state index contributed by atoms with van der Waals surface area (Å²) in [5.74, 6) is 0.616. The van der Waals surface area contributed by atoms with E-state index in [1.54, 1.807) is 12.1 Å². The van der Waals surface area contributed by atoms with E-state index in [4.69, 9.17) is 27.9 Å². The van der Waals surface area contributed by atoms with Crippen LogP contribution in [0.2, 0.25) is 10.0 Å². The molecule has 2 nitrogen and oxygen atoms in total. The normalized spacial score (nSPS) is 28.0. The van der Waals surface area contributed by atoms with Gasteiger partial charge in [0.2, 0.25) is 0 Å². The number of halogens is 3. The highest BCUT2D eigenvalue weighted by Crippen LogP contribution is 2.53. The third-order valence-corrected chi connectivity index (χ3v) is 6.51. The molecule has 0 saturated heterocycles. The first-order valence-electron chi connectivity index (χ1n) is 7.52. The summed E-state index contributed by atoms with van der Waals surface area (Å²) in [7, 11) is 0. The molecule has 1 N–H and O–H groups in total. The molecule has 0 radical (unpaired) electrons. The molecule has 2 saturated carbocycles. The smallest absolute Gasteiger partial charge is 0.139 e. The van der Waals surface area contributed by atoms with Gasteiger partial charge in [0.1, 0.15) is 11.9 Å². The van der Waals surface area contributed by atoms with Crippen LogP contribution in [0.5, 0.6) is 5.75 Å². The Labute approximate surface area is 143 Å². The highest BCUT2D eigenvalue weighted by Gasteiger charge is 2.55. The summed E-state index contributed by atoms with van der Waals surface area (Å²) in [5, 5.41) is 11.5. The molecule has 2 aliphatic rings. The minimum absolute atomic E-state index is 0.0420. The van der Waals surface area contributed by atoms with Crippen molar-refractivity contribution in [2.75, 3.05) is 0 Å². The monoisotopic (exact) mass is 392 g/mol. The van der Waals surface area contributed by atoms with Crippen LogP contribution >= 0.6 is 39.1 Å². The maximum absolute atomic E-state index is 10.3. The second kappa shape index (κ2) is 6.27. The van der Waals surface area contributed by atoms with Gasteiger partial charge in [-0.2, -0.15) is 0 Å². The Bertz CT molecular complexity index is 527. The van der Waals surface area contributed by atoms with Crippen LogP contribution in [0.15, 0.2) is 16.6 Å². The van der Waals surface area contributed by atoms with Gasteiger partial charge in [0.05, 0.1) is 16.1 Å². The molecule has 1 spiro atoms. The first-order chi connectivity index (χ1) is 10.0. The maximum Gasteiger partial charge on any atom is 0.139 e. The number of aliphatic hydroxyl groups is 1. The fraction of sp³-hybridized carbons (Fsp3) is 0.625. The van der Waals surface area contributed by atoms with Crippen molar-refractivity contribution >= 4 is 39.1 Å². The van der Waals surface area contributed by atoms with Gasteiger partial charge < -0.3 is 9.84 Å². The van der Waals surface area contributed by atoms with Crippen LogP contribution in [0.3, 0.4) is 0 Å². The standard InChI is InChI=1S/C16H19BrCl2O2/c17-10-7-12(19)13(8-11(10)18)21-15-9-14(20)16(15)5-3-1-2-4-6-16/h7-8,14-15,20H,1-6,9H2. The number of benzene rings is 1. The quantitative estimate of drug-likeness (QED) is 0.661. The molecule has 2 unspecified atom stereocenters. The van der Waals surface area contributed by atoms with Crippen molar-refractivity contribution in [2.45, 2.75) is 57.2 Å². The number of rotatable bonds is 2. The first kappa shape index (κ1) is 15.9. The second-order valence-electron chi connectivity index (χ2n) is 6.20. The summed E-state index contributed by atoms with van der Waals surface area (Å²) in [4.78, 5) is 0. The molecule has 2 atom stereocenters. The van der Waals surface area contributed by atoms with Gasteiger partial charge in [0.25, 0.3) is 0 Å². The van der Waals surface area contributed by atoms with Crippen molar-refractivity contribution in [3.8, 4) is 5.75 Å². The van der Waals surface area contributed by atoms with Crippen LogP contribution in [0, 0.1) is 5.41 Å². The lowest BCUT2D eigenvalue weighted by Crippen LogP contribution is -2.59. The zero-order valence-electron chi connectivity index (χ0n) is 11.7. The van der Waals surface area contributed by atoms with E-state index in [9.17, 15) is 5.11 Å². The van der Waals surface area contributed by atoms with Crippen molar-refractivity contribution in [2.24, 2.45) is 5.41 Å². The molecule has 1 aromatic rings.